The van der Waals surface area contributed by atoms with Gasteiger partial charge in [-0.05, 0) is 35.7 Å². The Hall–Kier alpha value is -3.14. The number of rotatable bonds is 8. The second-order valence-electron chi connectivity index (χ2n) is 6.85. The average Bonchev–Trinajstić information content (AvgIpc) is 2.71. The molecule has 0 aliphatic heterocycles. The van der Waals surface area contributed by atoms with Crippen LogP contribution in [0.5, 0.6) is 5.75 Å². The van der Waals surface area contributed by atoms with Gasteiger partial charge in [-0.3, -0.25) is 5.41 Å². The number of nitrogens with one attached hydrogen (secondary N) is 2. The van der Waals surface area contributed by atoms with Gasteiger partial charge in [-0.15, -0.1) is 0 Å². The molecule has 27 heavy (non-hydrogen) atoms. The topological polar surface area (TPSA) is 58.0 Å². The Morgan fingerprint density at radius 1 is 1.04 bits per heavy atom. The van der Waals surface area contributed by atoms with Gasteiger partial charge in [-0.1, -0.05) is 56.3 Å². The normalized spacial score (nSPS) is 10.6. The van der Waals surface area contributed by atoms with Gasteiger partial charge in [-0.25, -0.2) is 4.98 Å². The van der Waals surface area contributed by atoms with E-state index < -0.39 is 0 Å². The Labute approximate surface area is 160 Å². The van der Waals surface area contributed by atoms with Crippen LogP contribution in [0.1, 0.15) is 30.5 Å². The Balaban J connectivity index is 1.76. The molecule has 0 unspecified atom stereocenters. The van der Waals surface area contributed by atoms with E-state index in [0.29, 0.717) is 18.2 Å². The van der Waals surface area contributed by atoms with Crippen molar-refractivity contribution in [2.24, 2.45) is 5.92 Å². The number of ether oxygens (including phenoxy) is 1. The zero-order chi connectivity index (χ0) is 19.1. The quantitative estimate of drug-likeness (QED) is 0.547. The van der Waals surface area contributed by atoms with Crippen molar-refractivity contribution in [3.8, 4) is 5.75 Å². The number of hydrogen-bond acceptors (Lipinski definition) is 4. The summed E-state index contributed by atoms with van der Waals surface area (Å²) in [5.41, 5.74) is 3.14. The van der Waals surface area contributed by atoms with E-state index in [1.165, 1.54) is 0 Å². The maximum Gasteiger partial charge on any atom is 0.135 e. The van der Waals surface area contributed by atoms with Gasteiger partial charge in [0.1, 0.15) is 18.2 Å². The van der Waals surface area contributed by atoms with Crippen molar-refractivity contribution in [2.45, 2.75) is 20.5 Å². The Kier molecular flexibility index (Phi) is 6.21. The van der Waals surface area contributed by atoms with Crippen LogP contribution in [-0.2, 0) is 6.61 Å². The van der Waals surface area contributed by atoms with Gasteiger partial charge in [0.2, 0.25) is 0 Å². The summed E-state index contributed by atoms with van der Waals surface area (Å²) in [5, 5.41) is 12.0. The predicted octanol–water partition coefficient (Wildman–Crippen LogP) is 5.14. The van der Waals surface area contributed by atoms with Crippen LogP contribution in [0, 0.1) is 11.3 Å². The summed E-state index contributed by atoms with van der Waals surface area (Å²) >= 11 is 0. The molecule has 0 bridgehead atoms. The first-order valence-corrected chi connectivity index (χ1v) is 9.18. The van der Waals surface area contributed by atoms with E-state index in [-0.39, 0.29) is 0 Å². The van der Waals surface area contributed by atoms with Crippen LogP contribution in [0.3, 0.4) is 0 Å². The SMILES string of the molecule is CC(C)CNc1ncccc1C(=N)c1cccc(OCc2ccccc2)c1. The summed E-state index contributed by atoms with van der Waals surface area (Å²) in [4.78, 5) is 4.41. The van der Waals surface area contributed by atoms with E-state index in [1.807, 2.05) is 66.7 Å². The Morgan fingerprint density at radius 2 is 1.85 bits per heavy atom. The van der Waals surface area contributed by atoms with Gasteiger partial charge in [0, 0.05) is 23.9 Å². The average molecular weight is 359 g/mol. The molecule has 0 atom stereocenters. The molecule has 0 fully saturated rings. The molecule has 2 aromatic carbocycles. The monoisotopic (exact) mass is 359 g/mol. The molecular weight excluding hydrogens is 334 g/mol. The molecule has 0 aliphatic rings. The summed E-state index contributed by atoms with van der Waals surface area (Å²) in [6, 6.07) is 21.5. The van der Waals surface area contributed by atoms with Crippen LogP contribution in [0.25, 0.3) is 0 Å². The maximum atomic E-state index is 8.65. The van der Waals surface area contributed by atoms with Crippen molar-refractivity contribution >= 4 is 11.5 Å². The van der Waals surface area contributed by atoms with Crippen molar-refractivity contribution in [1.29, 1.82) is 5.41 Å². The van der Waals surface area contributed by atoms with Crippen LogP contribution in [0.4, 0.5) is 5.82 Å². The van der Waals surface area contributed by atoms with E-state index in [2.05, 4.69) is 24.1 Å². The first-order chi connectivity index (χ1) is 13.1. The number of benzene rings is 2. The van der Waals surface area contributed by atoms with Gasteiger partial charge in [0.05, 0.1) is 5.71 Å². The van der Waals surface area contributed by atoms with Crippen molar-refractivity contribution in [1.82, 2.24) is 4.98 Å². The van der Waals surface area contributed by atoms with E-state index >= 15 is 0 Å². The molecule has 138 valence electrons. The van der Waals surface area contributed by atoms with Crippen LogP contribution >= 0.6 is 0 Å². The van der Waals surface area contributed by atoms with Crippen molar-refractivity contribution in [2.75, 3.05) is 11.9 Å². The molecule has 0 saturated heterocycles. The number of hydrogen-bond donors (Lipinski definition) is 2. The third-order valence-corrected chi connectivity index (χ3v) is 4.13. The van der Waals surface area contributed by atoms with Gasteiger partial charge in [0.25, 0.3) is 0 Å². The maximum absolute atomic E-state index is 8.65. The fourth-order valence-electron chi connectivity index (χ4n) is 2.69. The first kappa shape index (κ1) is 18.6. The number of pyridine rings is 1. The number of nitrogens with zero attached hydrogens (tertiary/aromatic N) is 1. The molecule has 4 heteroatoms. The molecule has 3 rings (SSSR count). The van der Waals surface area contributed by atoms with Crippen LogP contribution in [0.15, 0.2) is 72.9 Å². The highest BCUT2D eigenvalue weighted by atomic mass is 16.5. The van der Waals surface area contributed by atoms with E-state index in [1.54, 1.807) is 6.20 Å². The molecule has 0 spiro atoms. The van der Waals surface area contributed by atoms with Crippen LogP contribution < -0.4 is 10.1 Å². The largest absolute Gasteiger partial charge is 0.489 e. The summed E-state index contributed by atoms with van der Waals surface area (Å²) < 4.78 is 5.90. The fraction of sp³-hybridized carbons (Fsp3) is 0.217. The molecule has 4 nitrogen and oxygen atoms in total. The van der Waals surface area contributed by atoms with Gasteiger partial charge < -0.3 is 10.1 Å². The number of aromatic nitrogens is 1. The Morgan fingerprint density at radius 3 is 2.63 bits per heavy atom. The summed E-state index contributed by atoms with van der Waals surface area (Å²) in [7, 11) is 0. The molecular formula is C23H25N3O. The van der Waals surface area contributed by atoms with Crippen LogP contribution in [0.2, 0.25) is 0 Å². The lowest BCUT2D eigenvalue weighted by molar-refractivity contribution is 0.306. The third-order valence-electron chi connectivity index (χ3n) is 4.13. The minimum Gasteiger partial charge on any atom is -0.489 e. The lowest BCUT2D eigenvalue weighted by Gasteiger charge is -2.14. The highest BCUT2D eigenvalue weighted by molar-refractivity contribution is 6.13. The lowest BCUT2D eigenvalue weighted by Crippen LogP contribution is -2.13. The molecule has 0 amide bonds. The van der Waals surface area contributed by atoms with Gasteiger partial charge in [0.15, 0.2) is 0 Å². The first-order valence-electron chi connectivity index (χ1n) is 9.18. The van der Waals surface area contributed by atoms with E-state index in [0.717, 1.165) is 34.8 Å². The van der Waals surface area contributed by atoms with Crippen LogP contribution in [-0.4, -0.2) is 17.2 Å². The molecule has 0 radical (unpaired) electrons. The highest BCUT2D eigenvalue weighted by Gasteiger charge is 2.12. The smallest absolute Gasteiger partial charge is 0.135 e. The standard InChI is InChI=1S/C23H25N3O/c1-17(2)15-26-23-21(12-7-13-25-23)22(24)19-10-6-11-20(14-19)27-16-18-8-4-3-5-9-18/h3-14,17,24H,15-16H2,1-2H3,(H,25,26). The second kappa shape index (κ2) is 8.99. The second-order valence-corrected chi connectivity index (χ2v) is 6.85. The molecule has 3 aromatic rings. The van der Waals surface area contributed by atoms with Crippen molar-refractivity contribution < 1.29 is 4.74 Å². The minimum atomic E-state index is 0.430. The summed E-state index contributed by atoms with van der Waals surface area (Å²) in [6.07, 6.45) is 1.75. The van der Waals surface area contributed by atoms with E-state index in [9.17, 15) is 0 Å². The molecule has 1 aromatic heterocycles. The summed E-state index contributed by atoms with van der Waals surface area (Å²) in [5.74, 6) is 2.00. The number of anilines is 1. The zero-order valence-electron chi connectivity index (χ0n) is 15.8. The molecule has 1 heterocycles. The molecule has 2 N–H and O–H groups in total. The predicted molar refractivity (Wildman–Crippen MR) is 111 cm³/mol. The highest BCUT2D eigenvalue weighted by Crippen LogP contribution is 2.21. The minimum absolute atomic E-state index is 0.430. The van der Waals surface area contributed by atoms with Gasteiger partial charge >= 0.3 is 0 Å². The van der Waals surface area contributed by atoms with E-state index in [4.69, 9.17) is 10.1 Å². The fourth-order valence-corrected chi connectivity index (χ4v) is 2.69. The molecule has 0 aliphatic carbocycles. The zero-order valence-corrected chi connectivity index (χ0v) is 15.8. The third kappa shape index (κ3) is 5.17. The summed E-state index contributed by atoms with van der Waals surface area (Å²) in [6.45, 7) is 5.62. The Bertz CT molecular complexity index is 891. The van der Waals surface area contributed by atoms with Crippen molar-refractivity contribution in [3.05, 3.63) is 89.6 Å². The lowest BCUT2D eigenvalue weighted by atomic mass is 10.0. The van der Waals surface area contributed by atoms with Gasteiger partial charge in [-0.2, -0.15) is 0 Å². The van der Waals surface area contributed by atoms with Crippen molar-refractivity contribution in [3.63, 3.8) is 0 Å². The molecule has 0 saturated carbocycles.